The molecule has 2 unspecified atom stereocenters. The van der Waals surface area contributed by atoms with Crippen LogP contribution in [0.1, 0.15) is 24.8 Å². The number of nitrogens with one attached hydrogen (secondary N) is 1. The minimum atomic E-state index is -0.725. The van der Waals surface area contributed by atoms with Crippen LogP contribution >= 0.6 is 11.6 Å². The zero-order valence-electron chi connectivity index (χ0n) is 18.8. The number of nitrogens with zero attached hydrogens (tertiary/aromatic N) is 1. The van der Waals surface area contributed by atoms with E-state index in [9.17, 15) is 15.0 Å². The first-order valence-electron chi connectivity index (χ1n) is 11.8. The summed E-state index contributed by atoms with van der Waals surface area (Å²) in [5, 5.41) is 19.6. The van der Waals surface area contributed by atoms with Crippen molar-refractivity contribution in [1.29, 1.82) is 0 Å². The number of carboxylic acid groups (broad SMARTS) is 1. The number of carbonyl (C=O) groups is 1. The first-order chi connectivity index (χ1) is 17.0. The standard InChI is InChI=1S/C26H25ClN2O6/c27-17-9-18-19(10-22(28-18)35-21-12-34-24-20(30)11-33-25(21)24)29-23(17)15-5-1-13(2-6-15)14-3-7-16(8-4-14)26(31)32/h1-3,5-6,9-10,16,20-21,24-25,28,30H,4,7-8,11-12H2,(H,31,32)/t16?,20-,21-,24?,25-/m1/s1. The summed E-state index contributed by atoms with van der Waals surface area (Å²) >= 11 is 6.58. The summed E-state index contributed by atoms with van der Waals surface area (Å²) in [5.41, 5.74) is 5.31. The number of carboxylic acids is 1. The number of aliphatic hydroxyl groups is 1. The van der Waals surface area contributed by atoms with Gasteiger partial charge in [-0.3, -0.25) is 4.79 Å². The molecule has 2 fully saturated rings. The summed E-state index contributed by atoms with van der Waals surface area (Å²) in [6, 6.07) is 11.7. The molecule has 2 aliphatic heterocycles. The average molecular weight is 497 g/mol. The number of hydrogen-bond donors (Lipinski definition) is 3. The number of aliphatic carboxylic acids is 1. The molecule has 9 heteroatoms. The maximum atomic E-state index is 11.2. The van der Waals surface area contributed by atoms with Gasteiger partial charge in [0.2, 0.25) is 0 Å². The molecule has 3 aliphatic rings. The first-order valence-corrected chi connectivity index (χ1v) is 12.1. The zero-order valence-corrected chi connectivity index (χ0v) is 19.6. The molecule has 1 aromatic carbocycles. The van der Waals surface area contributed by atoms with Crippen LogP contribution in [-0.2, 0) is 14.3 Å². The van der Waals surface area contributed by atoms with Crippen LogP contribution in [0.5, 0.6) is 5.88 Å². The van der Waals surface area contributed by atoms with Crippen LogP contribution in [0.2, 0.25) is 5.02 Å². The van der Waals surface area contributed by atoms with Crippen molar-refractivity contribution in [2.75, 3.05) is 13.2 Å². The number of hydrogen-bond acceptors (Lipinski definition) is 6. The van der Waals surface area contributed by atoms with Crippen molar-refractivity contribution in [3.05, 3.63) is 53.1 Å². The Morgan fingerprint density at radius 3 is 2.63 bits per heavy atom. The molecule has 5 atom stereocenters. The Bertz CT molecular complexity index is 1300. The van der Waals surface area contributed by atoms with Crippen LogP contribution < -0.4 is 4.74 Å². The van der Waals surface area contributed by atoms with Crippen molar-refractivity contribution in [2.24, 2.45) is 5.92 Å². The Morgan fingerprint density at radius 2 is 1.89 bits per heavy atom. The van der Waals surface area contributed by atoms with Crippen molar-refractivity contribution in [3.63, 3.8) is 0 Å². The summed E-state index contributed by atoms with van der Waals surface area (Å²) < 4.78 is 17.3. The van der Waals surface area contributed by atoms with Crippen molar-refractivity contribution >= 4 is 34.2 Å². The van der Waals surface area contributed by atoms with Crippen LogP contribution in [-0.4, -0.2) is 63.8 Å². The monoisotopic (exact) mass is 496 g/mol. The fourth-order valence-corrected chi connectivity index (χ4v) is 5.40. The normalized spacial score (nSPS) is 28.2. The van der Waals surface area contributed by atoms with Crippen molar-refractivity contribution in [3.8, 4) is 17.1 Å². The van der Waals surface area contributed by atoms with Gasteiger partial charge in [0.15, 0.2) is 12.0 Å². The second kappa shape index (κ2) is 8.95. The topological polar surface area (TPSA) is 114 Å². The van der Waals surface area contributed by atoms with E-state index in [1.807, 2.05) is 42.5 Å². The number of aliphatic hydroxyl groups excluding tert-OH is 1. The molecule has 2 aromatic heterocycles. The highest BCUT2D eigenvalue weighted by Crippen LogP contribution is 2.35. The lowest BCUT2D eigenvalue weighted by molar-refractivity contribution is -0.141. The van der Waals surface area contributed by atoms with Gasteiger partial charge in [0.1, 0.15) is 18.3 Å². The lowest BCUT2D eigenvalue weighted by Crippen LogP contribution is -2.34. The molecule has 8 nitrogen and oxygen atoms in total. The average Bonchev–Trinajstić information content (AvgIpc) is 3.55. The second-order valence-electron chi connectivity index (χ2n) is 9.32. The number of allylic oxidation sites excluding steroid dienone is 2. The Morgan fingerprint density at radius 1 is 1.11 bits per heavy atom. The maximum Gasteiger partial charge on any atom is 0.306 e. The van der Waals surface area contributed by atoms with E-state index in [0.717, 1.165) is 28.6 Å². The molecular formula is C26H25ClN2O6. The van der Waals surface area contributed by atoms with Gasteiger partial charge >= 0.3 is 5.97 Å². The molecule has 0 saturated carbocycles. The molecule has 35 heavy (non-hydrogen) atoms. The molecular weight excluding hydrogens is 472 g/mol. The zero-order chi connectivity index (χ0) is 24.1. The van der Waals surface area contributed by atoms with Crippen LogP contribution in [0, 0.1) is 5.92 Å². The summed E-state index contributed by atoms with van der Waals surface area (Å²) in [6.45, 7) is 0.599. The van der Waals surface area contributed by atoms with Gasteiger partial charge in [0, 0.05) is 11.6 Å². The van der Waals surface area contributed by atoms with Crippen LogP contribution in [0.25, 0.3) is 27.9 Å². The van der Waals surface area contributed by atoms with E-state index in [1.165, 1.54) is 5.57 Å². The largest absolute Gasteiger partial charge is 0.481 e. The number of halogens is 1. The smallest absolute Gasteiger partial charge is 0.306 e. The van der Waals surface area contributed by atoms with Gasteiger partial charge in [-0.2, -0.15) is 0 Å². The Hall–Kier alpha value is -2.91. The third-order valence-corrected chi connectivity index (χ3v) is 7.37. The van der Waals surface area contributed by atoms with Gasteiger partial charge in [-0.1, -0.05) is 41.9 Å². The number of benzene rings is 1. The van der Waals surface area contributed by atoms with E-state index in [0.29, 0.717) is 36.0 Å². The number of aromatic amines is 1. The SMILES string of the molecule is O=C(O)C1CC=C(c2ccc(-c3nc4cc(O[C@@H]5COC6[C@H](O)CO[C@@H]65)[nH]c4cc3Cl)cc2)CC1. The van der Waals surface area contributed by atoms with Gasteiger partial charge in [-0.05, 0) is 36.5 Å². The number of ether oxygens (including phenoxy) is 3. The van der Waals surface area contributed by atoms with E-state index >= 15 is 0 Å². The van der Waals surface area contributed by atoms with Crippen LogP contribution in [0.15, 0.2) is 42.5 Å². The molecule has 0 bridgehead atoms. The molecule has 4 heterocycles. The van der Waals surface area contributed by atoms with Gasteiger partial charge in [-0.15, -0.1) is 0 Å². The van der Waals surface area contributed by atoms with Crippen molar-refractivity contribution < 1.29 is 29.2 Å². The van der Waals surface area contributed by atoms with Gasteiger partial charge in [0.05, 0.1) is 40.9 Å². The third-order valence-electron chi connectivity index (χ3n) is 7.08. The highest BCUT2D eigenvalue weighted by atomic mass is 35.5. The number of rotatable bonds is 5. The summed E-state index contributed by atoms with van der Waals surface area (Å²) in [5.74, 6) is -0.474. The van der Waals surface area contributed by atoms with Crippen LogP contribution in [0.3, 0.4) is 0 Å². The fourth-order valence-electron chi connectivity index (χ4n) is 5.14. The molecule has 3 aromatic rings. The molecule has 1 aliphatic carbocycles. The number of fused-ring (bicyclic) bond motifs is 2. The lowest BCUT2D eigenvalue weighted by Gasteiger charge is -2.19. The van der Waals surface area contributed by atoms with E-state index in [1.54, 1.807) is 0 Å². The van der Waals surface area contributed by atoms with Gasteiger partial charge in [-0.25, -0.2) is 4.98 Å². The number of H-pyrrole nitrogens is 1. The number of pyridine rings is 1. The second-order valence-corrected chi connectivity index (χ2v) is 9.73. The predicted octanol–water partition coefficient (Wildman–Crippen LogP) is 4.06. The Balaban J connectivity index is 1.21. The highest BCUT2D eigenvalue weighted by Gasteiger charge is 2.48. The highest BCUT2D eigenvalue weighted by molar-refractivity contribution is 6.33. The Labute approximate surface area is 206 Å². The molecule has 0 spiro atoms. The predicted molar refractivity (Wildman–Crippen MR) is 129 cm³/mol. The quantitative estimate of drug-likeness (QED) is 0.488. The fraction of sp³-hybridized carbons (Fsp3) is 0.385. The molecule has 182 valence electrons. The van der Waals surface area contributed by atoms with Crippen molar-refractivity contribution in [1.82, 2.24) is 9.97 Å². The number of aromatic nitrogens is 2. The van der Waals surface area contributed by atoms with E-state index in [-0.39, 0.29) is 30.8 Å². The van der Waals surface area contributed by atoms with Crippen molar-refractivity contribution in [2.45, 2.75) is 43.7 Å². The minimum absolute atomic E-state index is 0.251. The minimum Gasteiger partial charge on any atom is -0.481 e. The van der Waals surface area contributed by atoms with Crippen LogP contribution in [0.4, 0.5) is 0 Å². The third kappa shape index (κ3) is 4.21. The molecule has 2 saturated heterocycles. The van der Waals surface area contributed by atoms with Gasteiger partial charge in [0.25, 0.3) is 0 Å². The van der Waals surface area contributed by atoms with E-state index in [4.69, 9.17) is 30.8 Å². The summed E-state index contributed by atoms with van der Waals surface area (Å²) in [6.07, 6.45) is 2.43. The maximum absolute atomic E-state index is 11.2. The van der Waals surface area contributed by atoms with E-state index in [2.05, 4.69) is 4.98 Å². The summed E-state index contributed by atoms with van der Waals surface area (Å²) in [4.78, 5) is 19.2. The van der Waals surface area contributed by atoms with E-state index < -0.39 is 12.1 Å². The molecule has 0 radical (unpaired) electrons. The molecule has 3 N–H and O–H groups in total. The first kappa shape index (κ1) is 22.5. The summed E-state index contributed by atoms with van der Waals surface area (Å²) in [7, 11) is 0. The lowest BCUT2D eigenvalue weighted by atomic mass is 9.86. The molecule has 6 rings (SSSR count). The van der Waals surface area contributed by atoms with Gasteiger partial charge < -0.3 is 29.4 Å². The molecule has 0 amide bonds. The Kier molecular flexibility index (Phi) is 5.76.